The molecule has 3 rings (SSSR count). The van der Waals surface area contributed by atoms with Crippen molar-refractivity contribution < 1.29 is 4.79 Å². The van der Waals surface area contributed by atoms with E-state index in [1.54, 1.807) is 0 Å². The Kier molecular flexibility index (Phi) is 3.43. The van der Waals surface area contributed by atoms with E-state index in [4.69, 9.17) is 0 Å². The normalized spacial score (nSPS) is 11.0. The van der Waals surface area contributed by atoms with E-state index in [0.717, 1.165) is 22.3 Å². The van der Waals surface area contributed by atoms with Crippen molar-refractivity contribution in [2.75, 3.05) is 5.32 Å². The molecule has 2 heterocycles. The Bertz CT molecular complexity index is 786. The molecule has 1 aromatic carbocycles. The molecule has 0 fully saturated rings. The molecule has 6 heteroatoms. The summed E-state index contributed by atoms with van der Waals surface area (Å²) in [6.45, 7) is 4.49. The first-order chi connectivity index (χ1) is 10.1. The van der Waals surface area contributed by atoms with Crippen LogP contribution in [0.3, 0.4) is 0 Å². The molecule has 2 N–H and O–H groups in total. The molecule has 0 aliphatic carbocycles. The van der Waals surface area contributed by atoms with E-state index in [-0.39, 0.29) is 5.91 Å². The second-order valence-electron chi connectivity index (χ2n) is 5.07. The van der Waals surface area contributed by atoms with Crippen LogP contribution in [0.1, 0.15) is 17.8 Å². The molecular formula is C15H17N5O. The molecular weight excluding hydrogens is 266 g/mol. The first kappa shape index (κ1) is 13.4. The van der Waals surface area contributed by atoms with Crippen molar-refractivity contribution in [1.29, 1.82) is 0 Å². The quantitative estimate of drug-likeness (QED) is 0.772. The molecule has 0 aliphatic rings. The van der Waals surface area contributed by atoms with Crippen LogP contribution in [0.5, 0.6) is 0 Å². The summed E-state index contributed by atoms with van der Waals surface area (Å²) < 4.78 is 1.84. The van der Waals surface area contributed by atoms with E-state index in [0.29, 0.717) is 18.8 Å². The van der Waals surface area contributed by atoms with Crippen molar-refractivity contribution in [3.63, 3.8) is 0 Å². The van der Waals surface area contributed by atoms with Gasteiger partial charge < -0.3 is 5.32 Å². The van der Waals surface area contributed by atoms with E-state index < -0.39 is 0 Å². The Balaban J connectivity index is 1.65. The van der Waals surface area contributed by atoms with Gasteiger partial charge in [0.05, 0.1) is 11.2 Å². The Morgan fingerprint density at radius 2 is 2.14 bits per heavy atom. The molecule has 0 saturated carbocycles. The summed E-state index contributed by atoms with van der Waals surface area (Å²) in [5.41, 5.74) is 2.93. The molecule has 0 atom stereocenters. The average Bonchev–Trinajstić information content (AvgIpc) is 3.00. The van der Waals surface area contributed by atoms with Gasteiger partial charge in [0.1, 0.15) is 0 Å². The first-order valence-corrected chi connectivity index (χ1v) is 6.87. The second-order valence-corrected chi connectivity index (χ2v) is 5.07. The van der Waals surface area contributed by atoms with Crippen LogP contribution >= 0.6 is 0 Å². The predicted octanol–water partition coefficient (Wildman–Crippen LogP) is 2.41. The fraction of sp³-hybridized carbons (Fsp3) is 0.267. The molecule has 0 bridgehead atoms. The number of rotatable bonds is 4. The van der Waals surface area contributed by atoms with E-state index >= 15 is 0 Å². The van der Waals surface area contributed by atoms with Crippen molar-refractivity contribution in [3.8, 4) is 0 Å². The molecule has 6 nitrogen and oxygen atoms in total. The van der Waals surface area contributed by atoms with E-state index in [1.807, 2.05) is 48.9 Å². The number of hydrogen-bond donors (Lipinski definition) is 2. The highest BCUT2D eigenvalue weighted by atomic mass is 16.1. The summed E-state index contributed by atoms with van der Waals surface area (Å²) in [6.07, 6.45) is 0.364. The molecule has 0 unspecified atom stereocenters. The van der Waals surface area contributed by atoms with Gasteiger partial charge in [-0.25, -0.2) is 0 Å². The van der Waals surface area contributed by atoms with Crippen LogP contribution in [-0.2, 0) is 11.3 Å². The first-order valence-electron chi connectivity index (χ1n) is 6.87. The Morgan fingerprint density at radius 3 is 2.90 bits per heavy atom. The largest absolute Gasteiger partial charge is 0.309 e. The minimum absolute atomic E-state index is 0.0696. The molecule has 3 aromatic rings. The number of para-hydroxylation sites is 1. The summed E-state index contributed by atoms with van der Waals surface area (Å²) in [5.74, 6) is 0.503. The van der Waals surface area contributed by atoms with Gasteiger partial charge >= 0.3 is 0 Å². The van der Waals surface area contributed by atoms with E-state index in [9.17, 15) is 4.79 Å². The van der Waals surface area contributed by atoms with Crippen molar-refractivity contribution in [2.24, 2.45) is 0 Å². The Morgan fingerprint density at radius 1 is 1.33 bits per heavy atom. The van der Waals surface area contributed by atoms with Gasteiger partial charge in [-0.15, -0.1) is 0 Å². The number of H-pyrrole nitrogens is 1. The fourth-order valence-electron chi connectivity index (χ4n) is 2.36. The molecule has 1 amide bonds. The molecule has 0 aliphatic heterocycles. The van der Waals surface area contributed by atoms with Crippen LogP contribution in [0.2, 0.25) is 0 Å². The number of hydrogen-bond acceptors (Lipinski definition) is 3. The third kappa shape index (κ3) is 2.79. The standard InChI is InChI=1S/C15H17N5O/c1-10-9-11(2)20(19-10)8-7-14(21)16-15-12-5-3-4-6-13(12)17-18-15/h3-6,9H,7-8H2,1-2H3,(H2,16,17,18,21). The van der Waals surface area contributed by atoms with Crippen molar-refractivity contribution in [1.82, 2.24) is 20.0 Å². The van der Waals surface area contributed by atoms with Gasteiger partial charge in [0.25, 0.3) is 0 Å². The lowest BCUT2D eigenvalue weighted by Crippen LogP contribution is -2.16. The van der Waals surface area contributed by atoms with Gasteiger partial charge in [0.15, 0.2) is 5.82 Å². The molecule has 2 aromatic heterocycles. The average molecular weight is 283 g/mol. The zero-order valence-corrected chi connectivity index (χ0v) is 12.1. The number of nitrogens with one attached hydrogen (secondary N) is 2. The number of aromatic nitrogens is 4. The van der Waals surface area contributed by atoms with Gasteiger partial charge in [-0.3, -0.25) is 14.6 Å². The predicted molar refractivity (Wildman–Crippen MR) is 81.0 cm³/mol. The Labute approximate surface area is 122 Å². The minimum atomic E-state index is -0.0696. The number of aromatic amines is 1. The van der Waals surface area contributed by atoms with Gasteiger partial charge in [-0.1, -0.05) is 12.1 Å². The van der Waals surface area contributed by atoms with E-state index in [2.05, 4.69) is 20.6 Å². The number of carbonyl (C=O) groups excluding carboxylic acids is 1. The van der Waals surface area contributed by atoms with Crippen LogP contribution in [0, 0.1) is 13.8 Å². The van der Waals surface area contributed by atoms with Crippen LogP contribution in [-0.4, -0.2) is 25.9 Å². The van der Waals surface area contributed by atoms with Gasteiger partial charge in [-0.05, 0) is 32.0 Å². The summed E-state index contributed by atoms with van der Waals surface area (Å²) in [4.78, 5) is 12.0. The molecule has 0 spiro atoms. The van der Waals surface area contributed by atoms with Crippen molar-refractivity contribution in [2.45, 2.75) is 26.8 Å². The van der Waals surface area contributed by atoms with Crippen LogP contribution < -0.4 is 5.32 Å². The topological polar surface area (TPSA) is 75.6 Å². The maximum Gasteiger partial charge on any atom is 0.227 e. The lowest BCUT2D eigenvalue weighted by atomic mass is 10.2. The molecule has 0 radical (unpaired) electrons. The summed E-state index contributed by atoms with van der Waals surface area (Å²) >= 11 is 0. The van der Waals surface area contributed by atoms with Crippen LogP contribution in [0.4, 0.5) is 5.82 Å². The lowest BCUT2D eigenvalue weighted by Gasteiger charge is -2.05. The Hall–Kier alpha value is -2.63. The smallest absolute Gasteiger partial charge is 0.227 e. The summed E-state index contributed by atoms with van der Waals surface area (Å²) in [5, 5.41) is 15.1. The lowest BCUT2D eigenvalue weighted by molar-refractivity contribution is -0.116. The monoisotopic (exact) mass is 283 g/mol. The zero-order valence-electron chi connectivity index (χ0n) is 12.1. The summed E-state index contributed by atoms with van der Waals surface area (Å²) in [6, 6.07) is 9.70. The van der Waals surface area contributed by atoms with Crippen LogP contribution in [0.25, 0.3) is 10.9 Å². The third-order valence-electron chi connectivity index (χ3n) is 3.38. The van der Waals surface area contributed by atoms with Gasteiger partial charge in [-0.2, -0.15) is 10.2 Å². The molecule has 21 heavy (non-hydrogen) atoms. The maximum absolute atomic E-state index is 12.0. The molecule has 108 valence electrons. The van der Waals surface area contributed by atoms with Crippen molar-refractivity contribution >= 4 is 22.6 Å². The SMILES string of the molecule is Cc1cc(C)n(CCC(=O)Nc2n[nH]c3ccccc23)n1. The highest BCUT2D eigenvalue weighted by Crippen LogP contribution is 2.19. The van der Waals surface area contributed by atoms with Crippen LogP contribution in [0.15, 0.2) is 30.3 Å². The molecule has 0 saturated heterocycles. The highest BCUT2D eigenvalue weighted by Gasteiger charge is 2.10. The van der Waals surface area contributed by atoms with E-state index in [1.165, 1.54) is 0 Å². The highest BCUT2D eigenvalue weighted by molar-refractivity contribution is 5.99. The number of fused-ring (bicyclic) bond motifs is 1. The number of nitrogens with zero attached hydrogens (tertiary/aromatic N) is 3. The van der Waals surface area contributed by atoms with Gasteiger partial charge in [0, 0.05) is 24.0 Å². The summed E-state index contributed by atoms with van der Waals surface area (Å²) in [7, 11) is 0. The number of carbonyl (C=O) groups is 1. The number of benzene rings is 1. The van der Waals surface area contributed by atoms with Crippen molar-refractivity contribution in [3.05, 3.63) is 41.7 Å². The number of amides is 1. The number of aryl methyl sites for hydroxylation is 3. The third-order valence-corrected chi connectivity index (χ3v) is 3.38. The van der Waals surface area contributed by atoms with Gasteiger partial charge in [0.2, 0.25) is 5.91 Å². The minimum Gasteiger partial charge on any atom is -0.309 e. The zero-order chi connectivity index (χ0) is 14.8. The maximum atomic E-state index is 12.0. The number of anilines is 1. The second kappa shape index (κ2) is 5.40. The fourth-order valence-corrected chi connectivity index (χ4v) is 2.36.